The molecule has 0 rings (SSSR count). The van der Waals surface area contributed by atoms with Crippen LogP contribution in [0.15, 0.2) is 0 Å². The molecule has 0 aliphatic rings. The topological polar surface area (TPSA) is 137 Å². The molecule has 102 valence electrons. The molecule has 0 aliphatic heterocycles. The number of ether oxygens (including phenoxy) is 2. The quantitative estimate of drug-likeness (QED) is 0.239. The van der Waals surface area contributed by atoms with E-state index >= 15 is 0 Å². The predicted molar refractivity (Wildman–Crippen MR) is 53.7 cm³/mol. The minimum absolute atomic E-state index is 0.779. The molecule has 8 nitrogen and oxygen atoms in total. The van der Waals surface area contributed by atoms with Crippen LogP contribution in [0.1, 0.15) is 6.92 Å². The SMILES string of the molecule is CO[C@@H](C(O)OC(C)=O)[C@@H](O)[C@@H](O)[C@@H](O)CO. The molecule has 0 fully saturated rings. The van der Waals surface area contributed by atoms with Crippen LogP contribution in [0.2, 0.25) is 0 Å². The summed E-state index contributed by atoms with van der Waals surface area (Å²) in [6.07, 6.45) is -8.35. The van der Waals surface area contributed by atoms with Crippen LogP contribution in [-0.4, -0.2) is 75.9 Å². The highest BCUT2D eigenvalue weighted by Gasteiger charge is 2.36. The summed E-state index contributed by atoms with van der Waals surface area (Å²) in [6, 6.07) is 0. The first-order chi connectivity index (χ1) is 7.84. The Hall–Kier alpha value is -0.770. The lowest BCUT2D eigenvalue weighted by atomic mass is 10.0. The molecule has 0 aromatic rings. The number of hydrogen-bond acceptors (Lipinski definition) is 8. The number of carbonyl (C=O) groups is 1. The summed E-state index contributed by atoms with van der Waals surface area (Å²) in [6.45, 7) is 0.264. The van der Waals surface area contributed by atoms with E-state index in [0.29, 0.717) is 0 Å². The summed E-state index contributed by atoms with van der Waals surface area (Å²) in [7, 11) is 1.11. The Morgan fingerprint density at radius 2 is 1.71 bits per heavy atom. The predicted octanol–water partition coefficient (Wildman–Crippen LogP) is -3.04. The van der Waals surface area contributed by atoms with Crippen molar-refractivity contribution < 1.29 is 39.8 Å². The molecule has 0 saturated carbocycles. The smallest absolute Gasteiger partial charge is 0.305 e. The van der Waals surface area contributed by atoms with E-state index in [4.69, 9.17) is 10.2 Å². The van der Waals surface area contributed by atoms with Crippen LogP contribution in [0.5, 0.6) is 0 Å². The molecule has 0 amide bonds. The molecule has 0 heterocycles. The molecule has 5 atom stereocenters. The number of aliphatic hydroxyl groups excluding tert-OH is 5. The van der Waals surface area contributed by atoms with Crippen molar-refractivity contribution in [3.63, 3.8) is 0 Å². The molecule has 0 saturated heterocycles. The second kappa shape index (κ2) is 7.54. The van der Waals surface area contributed by atoms with Gasteiger partial charge < -0.3 is 35.0 Å². The van der Waals surface area contributed by atoms with Crippen molar-refractivity contribution in [2.45, 2.75) is 37.6 Å². The van der Waals surface area contributed by atoms with E-state index in [9.17, 15) is 20.1 Å². The molecule has 0 bridgehead atoms. The first-order valence-electron chi connectivity index (χ1n) is 4.88. The molecular weight excluding hydrogens is 236 g/mol. The van der Waals surface area contributed by atoms with Crippen LogP contribution in [-0.2, 0) is 14.3 Å². The second-order valence-corrected chi connectivity index (χ2v) is 3.43. The standard InChI is InChI=1S/C9H18O8/c1-4(11)17-9(15)8(16-2)7(14)6(13)5(12)3-10/h5-10,12-15H,3H2,1-2H3/t5-,6-,7-,8+,9?/m0/s1. The lowest BCUT2D eigenvalue weighted by molar-refractivity contribution is -0.218. The maximum atomic E-state index is 10.6. The fourth-order valence-electron chi connectivity index (χ4n) is 1.19. The summed E-state index contributed by atoms with van der Waals surface area (Å²) in [4.78, 5) is 10.6. The Labute approximate surface area is 98.0 Å². The first-order valence-corrected chi connectivity index (χ1v) is 4.88. The molecule has 0 aliphatic carbocycles. The third-order valence-electron chi connectivity index (χ3n) is 2.11. The van der Waals surface area contributed by atoms with E-state index in [1.165, 1.54) is 0 Å². The lowest BCUT2D eigenvalue weighted by Crippen LogP contribution is -2.51. The number of aliphatic hydroxyl groups is 5. The highest BCUT2D eigenvalue weighted by Crippen LogP contribution is 2.12. The Morgan fingerprint density at radius 1 is 1.18 bits per heavy atom. The number of hydrogen-bond donors (Lipinski definition) is 5. The van der Waals surface area contributed by atoms with E-state index in [2.05, 4.69) is 9.47 Å². The molecular formula is C9H18O8. The third kappa shape index (κ3) is 4.94. The Bertz CT molecular complexity index is 233. The van der Waals surface area contributed by atoms with Crippen molar-refractivity contribution in [3.05, 3.63) is 0 Å². The average Bonchev–Trinajstić information content (AvgIpc) is 2.26. The fourth-order valence-corrected chi connectivity index (χ4v) is 1.19. The van der Waals surface area contributed by atoms with Gasteiger partial charge >= 0.3 is 5.97 Å². The van der Waals surface area contributed by atoms with Gasteiger partial charge in [0.15, 0.2) is 0 Å². The summed E-state index contributed by atoms with van der Waals surface area (Å²) < 4.78 is 9.02. The zero-order valence-electron chi connectivity index (χ0n) is 9.55. The van der Waals surface area contributed by atoms with Crippen molar-refractivity contribution in [1.82, 2.24) is 0 Å². The van der Waals surface area contributed by atoms with Gasteiger partial charge in [0.25, 0.3) is 0 Å². The van der Waals surface area contributed by atoms with Gasteiger partial charge in [-0.05, 0) is 0 Å². The molecule has 0 aromatic carbocycles. The average molecular weight is 254 g/mol. The van der Waals surface area contributed by atoms with Crippen molar-refractivity contribution in [1.29, 1.82) is 0 Å². The zero-order valence-corrected chi connectivity index (χ0v) is 9.55. The minimum Gasteiger partial charge on any atom is -0.433 e. The Balaban J connectivity index is 4.58. The minimum atomic E-state index is -1.80. The van der Waals surface area contributed by atoms with Crippen molar-refractivity contribution >= 4 is 5.97 Å². The Kier molecular flexibility index (Phi) is 7.19. The van der Waals surface area contributed by atoms with Gasteiger partial charge in [0.2, 0.25) is 6.29 Å². The van der Waals surface area contributed by atoms with Gasteiger partial charge in [-0.1, -0.05) is 0 Å². The molecule has 0 radical (unpaired) electrons. The number of methoxy groups -OCH3 is 1. The van der Waals surface area contributed by atoms with E-state index in [-0.39, 0.29) is 0 Å². The third-order valence-corrected chi connectivity index (χ3v) is 2.11. The van der Waals surface area contributed by atoms with Gasteiger partial charge in [0.05, 0.1) is 6.61 Å². The van der Waals surface area contributed by atoms with Gasteiger partial charge in [0.1, 0.15) is 24.4 Å². The van der Waals surface area contributed by atoms with Gasteiger partial charge in [-0.2, -0.15) is 0 Å². The maximum Gasteiger partial charge on any atom is 0.305 e. The normalized spacial score (nSPS) is 20.2. The summed E-state index contributed by atoms with van der Waals surface area (Å²) in [5.41, 5.74) is 0. The molecule has 8 heteroatoms. The van der Waals surface area contributed by atoms with Crippen molar-refractivity contribution in [2.24, 2.45) is 0 Å². The van der Waals surface area contributed by atoms with E-state index in [1.54, 1.807) is 0 Å². The number of esters is 1. The van der Waals surface area contributed by atoms with Gasteiger partial charge in [-0.3, -0.25) is 4.79 Å². The van der Waals surface area contributed by atoms with Crippen LogP contribution in [0.25, 0.3) is 0 Å². The lowest BCUT2D eigenvalue weighted by Gasteiger charge is -2.30. The summed E-state index contributed by atoms with van der Waals surface area (Å²) in [5, 5.41) is 46.0. The van der Waals surface area contributed by atoms with Crippen molar-refractivity contribution in [3.8, 4) is 0 Å². The zero-order chi connectivity index (χ0) is 13.6. The fraction of sp³-hybridized carbons (Fsp3) is 0.889. The van der Waals surface area contributed by atoms with Gasteiger partial charge in [-0.15, -0.1) is 0 Å². The molecule has 17 heavy (non-hydrogen) atoms. The number of rotatable bonds is 7. The largest absolute Gasteiger partial charge is 0.433 e. The molecule has 0 aromatic heterocycles. The van der Waals surface area contributed by atoms with Crippen molar-refractivity contribution in [2.75, 3.05) is 13.7 Å². The van der Waals surface area contributed by atoms with Crippen LogP contribution in [0.4, 0.5) is 0 Å². The van der Waals surface area contributed by atoms with Crippen LogP contribution in [0.3, 0.4) is 0 Å². The Morgan fingerprint density at radius 3 is 2.06 bits per heavy atom. The summed E-state index contributed by atoms with van der Waals surface area (Å²) in [5.74, 6) is -0.802. The highest BCUT2D eigenvalue weighted by atomic mass is 16.7. The molecule has 1 unspecified atom stereocenters. The molecule has 0 spiro atoms. The molecule has 5 N–H and O–H groups in total. The monoisotopic (exact) mass is 254 g/mol. The first kappa shape index (κ1) is 16.2. The van der Waals surface area contributed by atoms with Gasteiger partial charge in [-0.25, -0.2) is 0 Å². The number of carbonyl (C=O) groups excluding carboxylic acids is 1. The van der Waals surface area contributed by atoms with Crippen LogP contribution < -0.4 is 0 Å². The highest BCUT2D eigenvalue weighted by molar-refractivity contribution is 5.66. The second-order valence-electron chi connectivity index (χ2n) is 3.43. The van der Waals surface area contributed by atoms with Crippen LogP contribution >= 0.6 is 0 Å². The van der Waals surface area contributed by atoms with E-state index in [0.717, 1.165) is 14.0 Å². The van der Waals surface area contributed by atoms with E-state index < -0.39 is 43.3 Å². The maximum absolute atomic E-state index is 10.6. The summed E-state index contributed by atoms with van der Waals surface area (Å²) >= 11 is 0. The van der Waals surface area contributed by atoms with E-state index in [1.807, 2.05) is 0 Å². The van der Waals surface area contributed by atoms with Gasteiger partial charge in [0, 0.05) is 14.0 Å². The van der Waals surface area contributed by atoms with Crippen LogP contribution in [0, 0.1) is 0 Å².